The number of ketones is 1. The molecule has 1 aliphatic rings. The van der Waals surface area contributed by atoms with Gasteiger partial charge < -0.3 is 10.1 Å². The molecule has 3 aromatic rings. The normalized spacial score (nSPS) is 13.9. The van der Waals surface area contributed by atoms with E-state index in [1.165, 1.54) is 12.1 Å². The number of aliphatic imine (C=N–C) groups is 1. The van der Waals surface area contributed by atoms with Crippen molar-refractivity contribution in [1.29, 1.82) is 0 Å². The van der Waals surface area contributed by atoms with Crippen molar-refractivity contribution in [2.75, 3.05) is 6.54 Å². The summed E-state index contributed by atoms with van der Waals surface area (Å²) < 4.78 is 44.7. The molecule has 36 heavy (non-hydrogen) atoms. The molecule has 0 fully saturated rings. The van der Waals surface area contributed by atoms with Crippen molar-refractivity contribution in [3.8, 4) is 28.4 Å². The molecule has 0 amide bonds. The van der Waals surface area contributed by atoms with Gasteiger partial charge in [-0.25, -0.2) is 4.68 Å². The molecule has 1 N–H and O–H groups in total. The Bertz CT molecular complexity index is 1320. The van der Waals surface area contributed by atoms with E-state index in [9.17, 15) is 18.0 Å². The molecule has 0 saturated carbocycles. The van der Waals surface area contributed by atoms with E-state index in [2.05, 4.69) is 41.1 Å². The van der Waals surface area contributed by atoms with E-state index >= 15 is 0 Å². The summed E-state index contributed by atoms with van der Waals surface area (Å²) in [6.07, 6.45) is -0.0883. The number of pyridine rings is 1. The summed E-state index contributed by atoms with van der Waals surface area (Å²) in [7, 11) is 0. The number of hydrogen-bond acceptors (Lipinski definition) is 6. The smallest absolute Gasteiger partial charge is 0.406 e. The topological polar surface area (TPSA) is 81.4 Å². The highest BCUT2D eigenvalue weighted by Crippen LogP contribution is 2.35. The molecule has 0 unspecified atom stereocenters. The summed E-state index contributed by atoms with van der Waals surface area (Å²) in [6, 6.07) is 7.57. The van der Waals surface area contributed by atoms with Crippen LogP contribution in [0, 0.1) is 0 Å². The summed E-state index contributed by atoms with van der Waals surface area (Å²) in [5, 5.41) is 7.73. The van der Waals surface area contributed by atoms with Gasteiger partial charge in [-0.05, 0) is 44.2 Å². The van der Waals surface area contributed by atoms with Gasteiger partial charge >= 0.3 is 6.36 Å². The summed E-state index contributed by atoms with van der Waals surface area (Å²) in [4.78, 5) is 20.9. The number of alkyl halides is 3. The Hall–Kier alpha value is -3.31. The molecule has 0 atom stereocenters. The second kappa shape index (κ2) is 11.6. The molecule has 3 heterocycles. The lowest BCUT2D eigenvalue weighted by Gasteiger charge is -2.17. The van der Waals surface area contributed by atoms with Crippen LogP contribution in [0.1, 0.15) is 43.6 Å². The first-order chi connectivity index (χ1) is 17.2. The zero-order valence-electron chi connectivity index (χ0n) is 20.2. The minimum absolute atomic E-state index is 0.0427. The molecule has 1 aromatic carbocycles. The van der Waals surface area contributed by atoms with Gasteiger partial charge in [0.05, 0.1) is 23.6 Å². The molecular formula is C25H25BrF3N5O2. The van der Waals surface area contributed by atoms with Crippen LogP contribution in [0.3, 0.4) is 0 Å². The Morgan fingerprint density at radius 2 is 1.97 bits per heavy atom. The molecule has 1 aliphatic heterocycles. The van der Waals surface area contributed by atoms with Gasteiger partial charge in [-0.15, -0.1) is 13.2 Å². The highest BCUT2D eigenvalue weighted by molar-refractivity contribution is 9.10. The zero-order chi connectivity index (χ0) is 26.5. The molecule has 0 saturated heterocycles. The van der Waals surface area contributed by atoms with E-state index in [4.69, 9.17) is 0 Å². The van der Waals surface area contributed by atoms with Gasteiger partial charge in [-0.3, -0.25) is 14.8 Å². The number of fused-ring (bicyclic) bond motifs is 1. The largest absolute Gasteiger partial charge is 0.573 e. The van der Waals surface area contributed by atoms with E-state index in [1.54, 1.807) is 55.3 Å². The van der Waals surface area contributed by atoms with Gasteiger partial charge in [0.1, 0.15) is 11.4 Å². The van der Waals surface area contributed by atoms with Crippen LogP contribution in [0.4, 0.5) is 13.2 Å². The van der Waals surface area contributed by atoms with Crippen LogP contribution in [0.5, 0.6) is 5.75 Å². The number of hydrogen-bond donors (Lipinski definition) is 1. The van der Waals surface area contributed by atoms with Crippen LogP contribution in [0.15, 0.2) is 52.2 Å². The van der Waals surface area contributed by atoms with Crippen LogP contribution < -0.4 is 10.1 Å². The second-order valence-corrected chi connectivity index (χ2v) is 8.36. The van der Waals surface area contributed by atoms with Crippen LogP contribution in [-0.4, -0.2) is 39.7 Å². The average molecular weight is 564 g/mol. The molecule has 4 rings (SSSR count). The van der Waals surface area contributed by atoms with Crippen LogP contribution in [-0.2, 0) is 6.54 Å². The van der Waals surface area contributed by atoms with E-state index in [-0.39, 0.29) is 18.1 Å². The Balaban J connectivity index is 0.00000176. The molecular weight excluding hydrogens is 539 g/mol. The number of carbonyl (C=O) groups is 1. The summed E-state index contributed by atoms with van der Waals surface area (Å²) in [6.45, 7) is 8.23. The van der Waals surface area contributed by atoms with Crippen LogP contribution in [0.2, 0.25) is 0 Å². The fraction of sp³-hybridized carbons (Fsp3) is 0.280. The number of aromatic nitrogens is 3. The van der Waals surface area contributed by atoms with Gasteiger partial charge in [-0.1, -0.05) is 29.8 Å². The Labute approximate surface area is 215 Å². The third kappa shape index (κ3) is 6.27. The molecule has 0 spiro atoms. The maximum atomic E-state index is 12.8. The molecule has 190 valence electrons. The first kappa shape index (κ1) is 27.3. The minimum Gasteiger partial charge on any atom is -0.406 e. The molecule has 0 aliphatic carbocycles. The van der Waals surface area contributed by atoms with Gasteiger partial charge in [0, 0.05) is 46.3 Å². The number of carbonyl (C=O) groups excluding carboxylic acids is 1. The molecule has 0 bridgehead atoms. The van der Waals surface area contributed by atoms with Gasteiger partial charge in [0.15, 0.2) is 5.78 Å². The van der Waals surface area contributed by atoms with Crippen molar-refractivity contribution < 1.29 is 22.7 Å². The minimum atomic E-state index is -4.83. The Morgan fingerprint density at radius 1 is 1.22 bits per heavy atom. The van der Waals surface area contributed by atoms with Gasteiger partial charge in [0.2, 0.25) is 0 Å². The van der Waals surface area contributed by atoms with E-state index < -0.39 is 6.36 Å². The number of nitrogens with one attached hydrogen (secondary N) is 1. The fourth-order valence-corrected chi connectivity index (χ4v) is 4.13. The number of allylic oxidation sites excluding steroid dienone is 1. The zero-order valence-corrected chi connectivity index (χ0v) is 21.7. The van der Waals surface area contributed by atoms with E-state index in [0.29, 0.717) is 44.9 Å². The Kier molecular flexibility index (Phi) is 8.80. The third-order valence-electron chi connectivity index (χ3n) is 5.04. The highest BCUT2D eigenvalue weighted by atomic mass is 79.9. The Morgan fingerprint density at radius 3 is 2.67 bits per heavy atom. The van der Waals surface area contributed by atoms with Crippen molar-refractivity contribution in [2.45, 2.75) is 40.6 Å². The monoisotopic (exact) mass is 563 g/mol. The van der Waals surface area contributed by atoms with E-state index in [0.717, 1.165) is 5.56 Å². The summed E-state index contributed by atoms with van der Waals surface area (Å²) >= 11 is 3.26. The summed E-state index contributed by atoms with van der Waals surface area (Å²) in [5.74, 6) is -0.414. The molecule has 11 heteroatoms. The number of Topliss-reactive ketones (excluding diaryl/α,β-unsaturated/α-hetero) is 1. The third-order valence-corrected chi connectivity index (χ3v) is 5.50. The average Bonchev–Trinajstić information content (AvgIpc) is 3.28. The van der Waals surface area contributed by atoms with Crippen LogP contribution in [0.25, 0.3) is 28.3 Å². The number of ether oxygens (including phenoxy) is 1. The van der Waals surface area contributed by atoms with E-state index in [1.807, 2.05) is 13.8 Å². The lowest BCUT2D eigenvalue weighted by Crippen LogP contribution is -2.30. The number of nitrogens with zero attached hydrogens (tertiary/aromatic N) is 4. The standard InChI is InChI=1S/C23H19BrF3N5O2.C2H6/c1-3-28-10-13(2)32-20(14-6-15(24)8-16(7-14)34-23(25,26)27)9-19(31-32)22-18-11-29-12-21(33)17(18)4-5-30-22;1-2/h3-10,29H,11-12H2,1-2H3;1-2H3/b13-10+,28-3?;. The van der Waals surface area contributed by atoms with Gasteiger partial charge in [0.25, 0.3) is 0 Å². The maximum Gasteiger partial charge on any atom is 0.573 e. The number of rotatable bonds is 5. The first-order valence-corrected chi connectivity index (χ1v) is 12.0. The second-order valence-electron chi connectivity index (χ2n) is 7.44. The lowest BCUT2D eigenvalue weighted by atomic mass is 9.98. The first-order valence-electron chi connectivity index (χ1n) is 11.2. The van der Waals surface area contributed by atoms with Crippen LogP contribution >= 0.6 is 15.9 Å². The van der Waals surface area contributed by atoms with Gasteiger partial charge in [-0.2, -0.15) is 5.10 Å². The van der Waals surface area contributed by atoms with Crippen molar-refractivity contribution in [3.05, 3.63) is 58.3 Å². The quantitative estimate of drug-likeness (QED) is 0.358. The van der Waals surface area contributed by atoms with Crippen molar-refractivity contribution in [3.63, 3.8) is 0 Å². The number of benzene rings is 1. The fourth-order valence-electron chi connectivity index (χ4n) is 3.66. The SMILES string of the molecule is CC.CC=N/C=C(\C)n1nc(-c2nccc3c2CNCC3=O)cc1-c1cc(Br)cc(OC(F)(F)F)c1. The number of halogens is 4. The van der Waals surface area contributed by atoms with Crippen molar-refractivity contribution in [2.24, 2.45) is 4.99 Å². The summed E-state index contributed by atoms with van der Waals surface area (Å²) in [5.41, 5.74) is 3.83. The molecule has 2 aromatic heterocycles. The molecule has 0 radical (unpaired) electrons. The predicted molar refractivity (Wildman–Crippen MR) is 137 cm³/mol. The molecule has 7 nitrogen and oxygen atoms in total. The van der Waals surface area contributed by atoms with Crippen molar-refractivity contribution in [1.82, 2.24) is 20.1 Å². The predicted octanol–water partition coefficient (Wildman–Crippen LogP) is 6.49. The van der Waals surface area contributed by atoms with Crippen molar-refractivity contribution >= 4 is 33.6 Å². The maximum absolute atomic E-state index is 12.8. The lowest BCUT2D eigenvalue weighted by molar-refractivity contribution is -0.274. The highest BCUT2D eigenvalue weighted by Gasteiger charge is 2.31.